The maximum atomic E-state index is 13.7. The van der Waals surface area contributed by atoms with E-state index < -0.39 is 39.8 Å². The molecule has 1 aliphatic heterocycles. The molecule has 0 aliphatic carbocycles. The number of sulfonamides is 1. The molecule has 0 fully saturated rings. The Morgan fingerprint density at radius 1 is 1.09 bits per heavy atom. The molecule has 3 atom stereocenters. The van der Waals surface area contributed by atoms with Gasteiger partial charge < -0.3 is 14.7 Å². The van der Waals surface area contributed by atoms with Gasteiger partial charge in [0.25, 0.3) is 15.9 Å². The zero-order chi connectivity index (χ0) is 31.5. The highest BCUT2D eigenvalue weighted by Crippen LogP contribution is 2.36. The van der Waals surface area contributed by atoms with Gasteiger partial charge in [-0.2, -0.15) is 13.2 Å². The number of carbonyl (C=O) groups is 1. The molecule has 0 radical (unpaired) electrons. The zero-order valence-electron chi connectivity index (χ0n) is 24.4. The number of aliphatic hydroxyl groups excluding tert-OH is 1. The molecule has 0 unspecified atom stereocenters. The molecule has 232 valence electrons. The fraction of sp³-hybridized carbons (Fsp3) is 0.387. The standard InChI is InChI=1S/C31H36F3N3O5S/c1-20-8-14-25(15-9-20)43(40,41)35-27-7-5-6-26-29(27)42-28(21(2)16-37(30(26)39)22(3)19-38)18-36(4)17-23-10-12-24(13-11-23)31(32,33)34/h5-15,21-22,28,35,38H,16-19H2,1-4H3/t21-,22-,28-/m0/s1. The summed E-state index contributed by atoms with van der Waals surface area (Å²) in [4.78, 5) is 17.2. The molecule has 2 N–H and O–H groups in total. The first-order valence-electron chi connectivity index (χ1n) is 13.8. The Morgan fingerprint density at radius 3 is 2.35 bits per heavy atom. The molecule has 3 aromatic carbocycles. The van der Waals surface area contributed by atoms with E-state index in [-0.39, 0.29) is 41.0 Å². The maximum Gasteiger partial charge on any atom is 0.416 e. The molecule has 4 rings (SSSR count). The minimum absolute atomic E-state index is 0.0459. The van der Waals surface area contributed by atoms with Crippen LogP contribution in [0.4, 0.5) is 18.9 Å². The number of alkyl halides is 3. The van der Waals surface area contributed by atoms with Crippen LogP contribution in [0.25, 0.3) is 0 Å². The van der Waals surface area contributed by atoms with Gasteiger partial charge in [0.1, 0.15) is 6.10 Å². The number of rotatable bonds is 9. The van der Waals surface area contributed by atoms with E-state index in [1.54, 1.807) is 43.1 Å². The quantitative estimate of drug-likeness (QED) is 0.343. The van der Waals surface area contributed by atoms with Gasteiger partial charge in [-0.15, -0.1) is 0 Å². The lowest BCUT2D eigenvalue weighted by Gasteiger charge is -2.38. The number of hydrogen-bond acceptors (Lipinski definition) is 6. The van der Waals surface area contributed by atoms with Crippen molar-refractivity contribution in [1.29, 1.82) is 0 Å². The van der Waals surface area contributed by atoms with Crippen LogP contribution >= 0.6 is 0 Å². The maximum absolute atomic E-state index is 13.7. The summed E-state index contributed by atoms with van der Waals surface area (Å²) in [6.07, 6.45) is -4.97. The summed E-state index contributed by atoms with van der Waals surface area (Å²) in [5, 5.41) is 9.90. The molecule has 8 nitrogen and oxygen atoms in total. The van der Waals surface area contributed by atoms with E-state index in [1.807, 2.05) is 18.7 Å². The van der Waals surface area contributed by atoms with E-state index in [0.717, 1.165) is 17.7 Å². The van der Waals surface area contributed by atoms with Crippen LogP contribution in [0.1, 0.15) is 40.9 Å². The lowest BCUT2D eigenvalue weighted by Crippen LogP contribution is -2.49. The highest BCUT2D eigenvalue weighted by molar-refractivity contribution is 7.92. The number of carbonyl (C=O) groups excluding carboxylic acids is 1. The van der Waals surface area contributed by atoms with Crippen molar-refractivity contribution in [1.82, 2.24) is 9.80 Å². The number of hydrogen-bond donors (Lipinski definition) is 2. The molecule has 1 aliphatic rings. The first kappa shape index (κ1) is 32.3. The first-order chi connectivity index (χ1) is 20.2. The van der Waals surface area contributed by atoms with Crippen LogP contribution < -0.4 is 9.46 Å². The fourth-order valence-electron chi connectivity index (χ4n) is 4.95. The number of halogens is 3. The SMILES string of the molecule is Cc1ccc(S(=O)(=O)Nc2cccc3c2O[C@@H](CN(C)Cc2ccc(C(F)(F)F)cc2)[C@@H](C)CN([C@@H](C)CO)C3=O)cc1. The lowest BCUT2D eigenvalue weighted by atomic mass is 9.99. The molecule has 1 heterocycles. The van der Waals surface area contributed by atoms with Crippen molar-refractivity contribution >= 4 is 21.6 Å². The average Bonchev–Trinajstić information content (AvgIpc) is 2.94. The van der Waals surface area contributed by atoms with Gasteiger partial charge in [-0.3, -0.25) is 14.4 Å². The monoisotopic (exact) mass is 619 g/mol. The zero-order valence-corrected chi connectivity index (χ0v) is 25.2. The molecule has 3 aromatic rings. The van der Waals surface area contributed by atoms with Crippen molar-refractivity contribution in [2.45, 2.75) is 50.5 Å². The second-order valence-corrected chi connectivity index (χ2v) is 12.8. The third-order valence-electron chi connectivity index (χ3n) is 7.49. The van der Waals surface area contributed by atoms with Gasteiger partial charge >= 0.3 is 6.18 Å². The summed E-state index contributed by atoms with van der Waals surface area (Å²) in [6.45, 7) is 6.10. The van der Waals surface area contributed by atoms with Crippen molar-refractivity contribution in [2.24, 2.45) is 5.92 Å². The number of aliphatic hydroxyl groups is 1. The van der Waals surface area contributed by atoms with E-state index in [9.17, 15) is 31.5 Å². The van der Waals surface area contributed by atoms with Gasteiger partial charge in [0, 0.05) is 25.6 Å². The Balaban J connectivity index is 1.66. The number of anilines is 1. The van der Waals surface area contributed by atoms with Crippen LogP contribution in [0.2, 0.25) is 0 Å². The highest BCUT2D eigenvalue weighted by Gasteiger charge is 2.35. The average molecular weight is 620 g/mol. The second-order valence-electron chi connectivity index (χ2n) is 11.1. The van der Waals surface area contributed by atoms with Gasteiger partial charge in [-0.25, -0.2) is 8.42 Å². The fourth-order valence-corrected chi connectivity index (χ4v) is 6.01. The summed E-state index contributed by atoms with van der Waals surface area (Å²) >= 11 is 0. The van der Waals surface area contributed by atoms with Crippen LogP contribution in [0, 0.1) is 12.8 Å². The Kier molecular flexibility index (Phi) is 9.73. The summed E-state index contributed by atoms with van der Waals surface area (Å²) < 4.78 is 74.6. The van der Waals surface area contributed by atoms with Crippen LogP contribution in [-0.4, -0.2) is 68.1 Å². The minimum Gasteiger partial charge on any atom is -0.486 e. The predicted molar refractivity (Wildman–Crippen MR) is 157 cm³/mol. The van der Waals surface area contributed by atoms with E-state index in [2.05, 4.69) is 4.72 Å². The molecule has 0 saturated heterocycles. The van der Waals surface area contributed by atoms with Crippen LogP contribution in [0.15, 0.2) is 71.6 Å². The van der Waals surface area contributed by atoms with Crippen LogP contribution in [-0.2, 0) is 22.7 Å². The molecular formula is C31H36F3N3O5S. The molecule has 12 heteroatoms. The molecule has 1 amide bonds. The smallest absolute Gasteiger partial charge is 0.416 e. The summed E-state index contributed by atoms with van der Waals surface area (Å²) in [6, 6.07) is 15.4. The number of benzene rings is 3. The van der Waals surface area contributed by atoms with Gasteiger partial charge in [0.05, 0.1) is 34.4 Å². The third kappa shape index (κ3) is 7.67. The summed E-state index contributed by atoms with van der Waals surface area (Å²) in [5.74, 6) is -0.600. The minimum atomic E-state index is -4.42. The summed E-state index contributed by atoms with van der Waals surface area (Å²) in [7, 11) is -2.23. The normalized spacial score (nSPS) is 18.4. The van der Waals surface area contributed by atoms with Gasteiger partial charge in [0.15, 0.2) is 5.75 Å². The number of ether oxygens (including phenoxy) is 1. The van der Waals surface area contributed by atoms with Gasteiger partial charge in [-0.05, 0) is 62.9 Å². The molecular weight excluding hydrogens is 583 g/mol. The molecule has 43 heavy (non-hydrogen) atoms. The van der Waals surface area contributed by atoms with Crippen molar-refractivity contribution in [3.63, 3.8) is 0 Å². The first-order valence-corrected chi connectivity index (χ1v) is 15.3. The second kappa shape index (κ2) is 12.9. The van der Waals surface area contributed by atoms with Crippen LogP contribution in [0.5, 0.6) is 5.75 Å². The van der Waals surface area contributed by atoms with Crippen LogP contribution in [0.3, 0.4) is 0 Å². The van der Waals surface area contributed by atoms with Crippen molar-refractivity contribution in [2.75, 3.05) is 31.5 Å². The Hall–Kier alpha value is -3.61. The molecule has 0 aromatic heterocycles. The molecule has 0 saturated carbocycles. The molecule has 0 bridgehead atoms. The van der Waals surface area contributed by atoms with Gasteiger partial charge in [0.2, 0.25) is 0 Å². The topological polar surface area (TPSA) is 99.2 Å². The number of fused-ring (bicyclic) bond motifs is 1. The Bertz CT molecular complexity index is 1530. The largest absolute Gasteiger partial charge is 0.486 e. The van der Waals surface area contributed by atoms with E-state index >= 15 is 0 Å². The number of nitrogens with one attached hydrogen (secondary N) is 1. The van der Waals surface area contributed by atoms with E-state index in [0.29, 0.717) is 18.7 Å². The number of nitrogens with zero attached hydrogens (tertiary/aromatic N) is 2. The van der Waals surface area contributed by atoms with Gasteiger partial charge in [-0.1, -0.05) is 42.8 Å². The molecule has 0 spiro atoms. The van der Waals surface area contributed by atoms with Crippen molar-refractivity contribution in [3.05, 3.63) is 89.0 Å². The lowest BCUT2D eigenvalue weighted by molar-refractivity contribution is -0.137. The van der Waals surface area contributed by atoms with E-state index in [1.165, 1.54) is 30.3 Å². The van der Waals surface area contributed by atoms with Crippen molar-refractivity contribution in [3.8, 4) is 5.75 Å². The summed E-state index contributed by atoms with van der Waals surface area (Å²) in [5.41, 5.74) is 1.08. The Labute approximate surface area is 250 Å². The number of amides is 1. The predicted octanol–water partition coefficient (Wildman–Crippen LogP) is 5.17. The highest BCUT2D eigenvalue weighted by atomic mass is 32.2. The number of likely N-dealkylation sites (N-methyl/N-ethyl adjacent to an activating group) is 1. The number of para-hydroxylation sites is 1. The van der Waals surface area contributed by atoms with E-state index in [4.69, 9.17) is 4.74 Å². The third-order valence-corrected chi connectivity index (χ3v) is 8.87. The Morgan fingerprint density at radius 2 is 1.74 bits per heavy atom. The van der Waals surface area contributed by atoms with Crippen molar-refractivity contribution < 1.29 is 36.2 Å². The number of aryl methyl sites for hydroxylation is 1.